The second-order valence-corrected chi connectivity index (χ2v) is 6.91. The third-order valence-electron chi connectivity index (χ3n) is 4.53. The van der Waals surface area contributed by atoms with Gasteiger partial charge in [0.05, 0.1) is 5.52 Å². The molecule has 21 heavy (non-hydrogen) atoms. The van der Waals surface area contributed by atoms with Crippen molar-refractivity contribution in [3.63, 3.8) is 0 Å². The van der Waals surface area contributed by atoms with E-state index in [1.54, 1.807) is 6.33 Å². The second-order valence-electron chi connectivity index (χ2n) is 6.05. The monoisotopic (exact) mass is 348 g/mol. The third-order valence-corrected chi connectivity index (χ3v) is 5.20. The van der Waals surface area contributed by atoms with E-state index < -0.39 is 0 Å². The van der Waals surface area contributed by atoms with Gasteiger partial charge in [-0.2, -0.15) is 0 Å². The van der Waals surface area contributed by atoms with Gasteiger partial charge in [0.15, 0.2) is 0 Å². The molecule has 2 aromatic heterocycles. The van der Waals surface area contributed by atoms with Crippen LogP contribution in [0.4, 0.5) is 0 Å². The van der Waals surface area contributed by atoms with Crippen LogP contribution in [0, 0.1) is 5.92 Å². The topological polar surface area (TPSA) is 49.6 Å². The summed E-state index contributed by atoms with van der Waals surface area (Å²) in [4.78, 5) is 19.1. The predicted octanol–water partition coefficient (Wildman–Crippen LogP) is 1.92. The van der Waals surface area contributed by atoms with Crippen LogP contribution in [0.25, 0.3) is 5.52 Å². The Bertz CT molecular complexity index is 686. The predicted molar refractivity (Wildman–Crippen MR) is 83.3 cm³/mol. The van der Waals surface area contributed by atoms with Gasteiger partial charge in [0.1, 0.15) is 12.0 Å². The third kappa shape index (κ3) is 2.46. The maximum atomic E-state index is 12.4. The van der Waals surface area contributed by atoms with E-state index in [1.807, 2.05) is 22.7 Å². The van der Waals surface area contributed by atoms with Crippen molar-refractivity contribution < 1.29 is 4.79 Å². The molecule has 0 spiro atoms. The molecule has 1 unspecified atom stereocenters. The maximum Gasteiger partial charge on any atom is 0.270 e. The van der Waals surface area contributed by atoms with Crippen molar-refractivity contribution in [2.24, 2.45) is 5.92 Å². The van der Waals surface area contributed by atoms with E-state index in [1.165, 1.54) is 19.5 Å². The lowest BCUT2D eigenvalue weighted by molar-refractivity contribution is 0.0904. The Balaban J connectivity index is 1.52. The summed E-state index contributed by atoms with van der Waals surface area (Å²) in [6.07, 6.45) is 5.97. The lowest BCUT2D eigenvalue weighted by Gasteiger charge is -2.30. The van der Waals surface area contributed by atoms with Gasteiger partial charge in [0.2, 0.25) is 0 Å². The van der Waals surface area contributed by atoms with Gasteiger partial charge in [0, 0.05) is 29.8 Å². The van der Waals surface area contributed by atoms with Crippen LogP contribution >= 0.6 is 15.9 Å². The number of hydrogen-bond donors (Lipinski definition) is 1. The average Bonchev–Trinajstić information content (AvgIpc) is 3.02. The van der Waals surface area contributed by atoms with Crippen molar-refractivity contribution in [3.05, 3.63) is 34.8 Å². The molecule has 0 aliphatic carbocycles. The normalized spacial score (nSPS) is 28.0. The number of aromatic nitrogens is 2. The van der Waals surface area contributed by atoms with E-state index in [-0.39, 0.29) is 11.9 Å². The van der Waals surface area contributed by atoms with Crippen molar-refractivity contribution in [2.45, 2.75) is 18.9 Å². The quantitative estimate of drug-likeness (QED) is 0.901. The van der Waals surface area contributed by atoms with Gasteiger partial charge in [0.25, 0.3) is 5.91 Å². The van der Waals surface area contributed by atoms with E-state index in [0.717, 1.165) is 28.9 Å². The summed E-state index contributed by atoms with van der Waals surface area (Å²) in [5.41, 5.74) is 1.44. The summed E-state index contributed by atoms with van der Waals surface area (Å²) < 4.78 is 2.87. The molecule has 0 aromatic carbocycles. The lowest BCUT2D eigenvalue weighted by atomic mass is 9.97. The number of carbonyl (C=O) groups excluding carboxylic acids is 1. The van der Waals surface area contributed by atoms with Crippen LogP contribution in [0.5, 0.6) is 0 Å². The molecule has 2 fully saturated rings. The Morgan fingerprint density at radius 2 is 2.33 bits per heavy atom. The first-order chi connectivity index (χ1) is 10.2. The zero-order valence-corrected chi connectivity index (χ0v) is 13.2. The van der Waals surface area contributed by atoms with E-state index in [0.29, 0.717) is 5.69 Å². The SMILES string of the molecule is O=C(N[C@@H]1C[C@H]2CCN(C2)C1)c1cc2c(Br)ccn2cn1. The fourth-order valence-electron chi connectivity index (χ4n) is 3.52. The summed E-state index contributed by atoms with van der Waals surface area (Å²) in [6.45, 7) is 3.35. The molecule has 2 aliphatic heterocycles. The number of amides is 1. The van der Waals surface area contributed by atoms with Crippen LogP contribution in [0.3, 0.4) is 0 Å². The van der Waals surface area contributed by atoms with Gasteiger partial charge in [-0.15, -0.1) is 0 Å². The zero-order valence-electron chi connectivity index (χ0n) is 11.6. The van der Waals surface area contributed by atoms with E-state index in [4.69, 9.17) is 0 Å². The Hall–Kier alpha value is -1.40. The highest BCUT2D eigenvalue weighted by atomic mass is 79.9. The first-order valence-electron chi connectivity index (χ1n) is 7.34. The van der Waals surface area contributed by atoms with Gasteiger partial charge in [-0.25, -0.2) is 4.98 Å². The summed E-state index contributed by atoms with van der Waals surface area (Å²) >= 11 is 3.49. The molecule has 4 rings (SSSR count). The molecule has 2 saturated heterocycles. The van der Waals surface area contributed by atoms with Crippen LogP contribution in [-0.2, 0) is 0 Å². The van der Waals surface area contributed by atoms with Crippen molar-refractivity contribution in [3.8, 4) is 0 Å². The minimum Gasteiger partial charge on any atom is -0.347 e. The Kier molecular flexibility index (Phi) is 3.23. The number of carbonyl (C=O) groups is 1. The second kappa shape index (κ2) is 5.10. The number of hydrogen-bond acceptors (Lipinski definition) is 3. The standard InChI is InChI=1S/C15H17BrN4O/c16-12-2-4-20-9-17-13(6-14(12)20)15(21)18-11-5-10-1-3-19(7-10)8-11/h2,4,6,9-11H,1,3,5,7-8H2,(H,18,21)/t10-,11-/m1/s1. The molecule has 1 N–H and O–H groups in total. The van der Waals surface area contributed by atoms with Crippen LogP contribution in [0.1, 0.15) is 23.3 Å². The van der Waals surface area contributed by atoms with E-state index >= 15 is 0 Å². The van der Waals surface area contributed by atoms with Gasteiger partial charge >= 0.3 is 0 Å². The number of halogens is 1. The van der Waals surface area contributed by atoms with Gasteiger partial charge in [-0.1, -0.05) is 0 Å². The molecular formula is C15H17BrN4O. The maximum absolute atomic E-state index is 12.4. The molecule has 4 heterocycles. The van der Waals surface area contributed by atoms with Crippen LogP contribution in [-0.4, -0.2) is 45.9 Å². The van der Waals surface area contributed by atoms with Gasteiger partial charge in [-0.05, 0) is 53.4 Å². The molecule has 1 amide bonds. The molecule has 5 nitrogen and oxygen atoms in total. The van der Waals surface area contributed by atoms with Crippen molar-refractivity contribution >= 4 is 27.4 Å². The number of fused-ring (bicyclic) bond motifs is 3. The molecule has 2 aromatic rings. The highest BCUT2D eigenvalue weighted by Gasteiger charge is 2.33. The first kappa shape index (κ1) is 13.3. The molecule has 2 aliphatic rings. The zero-order chi connectivity index (χ0) is 14.4. The summed E-state index contributed by atoms with van der Waals surface area (Å²) in [7, 11) is 0. The lowest BCUT2D eigenvalue weighted by Crippen LogP contribution is -2.47. The van der Waals surface area contributed by atoms with Crippen molar-refractivity contribution in [1.82, 2.24) is 19.6 Å². The van der Waals surface area contributed by atoms with Crippen LogP contribution in [0.15, 0.2) is 29.1 Å². The fourth-order valence-corrected chi connectivity index (χ4v) is 3.96. The molecule has 3 atom stereocenters. The largest absolute Gasteiger partial charge is 0.347 e. The van der Waals surface area contributed by atoms with Crippen molar-refractivity contribution in [1.29, 1.82) is 0 Å². The fraction of sp³-hybridized carbons (Fsp3) is 0.467. The number of nitrogens with one attached hydrogen (secondary N) is 1. The smallest absolute Gasteiger partial charge is 0.270 e. The number of rotatable bonds is 2. The van der Waals surface area contributed by atoms with Crippen molar-refractivity contribution in [2.75, 3.05) is 19.6 Å². The molecule has 0 saturated carbocycles. The van der Waals surface area contributed by atoms with E-state index in [2.05, 4.69) is 31.1 Å². The van der Waals surface area contributed by atoms with Crippen LogP contribution in [0.2, 0.25) is 0 Å². The minimum absolute atomic E-state index is 0.0712. The van der Waals surface area contributed by atoms with Gasteiger partial charge in [-0.3, -0.25) is 4.79 Å². The molecule has 110 valence electrons. The first-order valence-corrected chi connectivity index (χ1v) is 8.14. The molecular weight excluding hydrogens is 332 g/mol. The highest BCUT2D eigenvalue weighted by molar-refractivity contribution is 9.10. The summed E-state index contributed by atoms with van der Waals surface area (Å²) in [5.74, 6) is 0.678. The van der Waals surface area contributed by atoms with Crippen LogP contribution < -0.4 is 5.32 Å². The number of nitrogens with zero attached hydrogens (tertiary/aromatic N) is 3. The van der Waals surface area contributed by atoms with E-state index in [9.17, 15) is 4.79 Å². The molecule has 2 bridgehead atoms. The molecule has 6 heteroatoms. The Morgan fingerprint density at radius 3 is 3.19 bits per heavy atom. The summed E-state index contributed by atoms with van der Waals surface area (Å²) in [6, 6.07) is 4.04. The van der Waals surface area contributed by atoms with Gasteiger partial charge < -0.3 is 14.6 Å². The average molecular weight is 349 g/mol. The highest BCUT2D eigenvalue weighted by Crippen LogP contribution is 2.27. The minimum atomic E-state index is -0.0712. The summed E-state index contributed by atoms with van der Waals surface area (Å²) in [5, 5.41) is 3.14. The molecule has 0 radical (unpaired) electrons. The Labute approximate surface area is 131 Å². The number of piperidine rings is 1. The Morgan fingerprint density at radius 1 is 1.43 bits per heavy atom.